The van der Waals surface area contributed by atoms with Crippen LogP contribution in [0.25, 0.3) is 0 Å². The third-order valence-corrected chi connectivity index (χ3v) is 8.82. The smallest absolute Gasteiger partial charge is 0.181 e. The van der Waals surface area contributed by atoms with Gasteiger partial charge in [-0.2, -0.15) is 0 Å². The van der Waals surface area contributed by atoms with Crippen molar-refractivity contribution in [2.45, 2.75) is 37.5 Å². The topological polar surface area (TPSA) is 63.7 Å². The molecule has 1 aliphatic heterocycles. The lowest BCUT2D eigenvalue weighted by Crippen LogP contribution is -2.38. The van der Waals surface area contributed by atoms with Crippen LogP contribution in [0.1, 0.15) is 43.0 Å². The van der Waals surface area contributed by atoms with Gasteiger partial charge < -0.3 is 4.74 Å². The zero-order valence-electron chi connectivity index (χ0n) is 19.1. The standard InChI is InChI=1S/C26H32FNO4S/c1-2-33(30,31)26-9-8-22(17-24(26)27)32-15-12-21-16-23(21)19-10-13-28(14-11-19)18-25(29)20-6-4-3-5-7-20/h3-9,17,19,21,23H,2,10-16,18H2,1H3/t21-,23-/m1/s1. The van der Waals surface area contributed by atoms with E-state index in [-0.39, 0.29) is 16.4 Å². The fourth-order valence-electron chi connectivity index (χ4n) is 4.95. The lowest BCUT2D eigenvalue weighted by molar-refractivity contribution is 0.0886. The number of piperidine rings is 1. The van der Waals surface area contributed by atoms with Crippen LogP contribution in [0.2, 0.25) is 0 Å². The summed E-state index contributed by atoms with van der Waals surface area (Å²) in [4.78, 5) is 14.4. The maximum Gasteiger partial charge on any atom is 0.181 e. The zero-order chi connectivity index (χ0) is 23.4. The van der Waals surface area contributed by atoms with Crippen LogP contribution < -0.4 is 4.74 Å². The van der Waals surface area contributed by atoms with Crippen molar-refractivity contribution < 1.29 is 22.3 Å². The molecule has 2 aromatic carbocycles. The lowest BCUT2D eigenvalue weighted by Gasteiger charge is -2.31. The van der Waals surface area contributed by atoms with Crippen molar-refractivity contribution in [3.8, 4) is 5.75 Å². The fraction of sp³-hybridized carbons (Fsp3) is 0.500. The first kappa shape index (κ1) is 23.9. The number of nitrogens with zero attached hydrogens (tertiary/aromatic N) is 1. The van der Waals surface area contributed by atoms with Gasteiger partial charge in [0.25, 0.3) is 0 Å². The summed E-state index contributed by atoms with van der Waals surface area (Å²) in [5.74, 6) is 1.73. The van der Waals surface area contributed by atoms with Gasteiger partial charge in [0, 0.05) is 11.6 Å². The third-order valence-electron chi connectivity index (χ3n) is 7.05. The average Bonchev–Trinajstić information content (AvgIpc) is 3.59. The number of ketones is 1. The van der Waals surface area contributed by atoms with Crippen molar-refractivity contribution in [1.29, 1.82) is 0 Å². The van der Waals surface area contributed by atoms with Crippen molar-refractivity contribution in [2.24, 2.45) is 17.8 Å². The summed E-state index contributed by atoms with van der Waals surface area (Å²) in [6.45, 7) is 4.43. The molecule has 1 aliphatic carbocycles. The Hall–Kier alpha value is -2.25. The molecule has 0 unspecified atom stereocenters. The monoisotopic (exact) mass is 473 g/mol. The number of rotatable bonds is 10. The van der Waals surface area contributed by atoms with E-state index in [0.717, 1.165) is 43.8 Å². The number of hydrogen-bond donors (Lipinski definition) is 0. The summed E-state index contributed by atoms with van der Waals surface area (Å²) in [5.41, 5.74) is 0.781. The van der Waals surface area contributed by atoms with E-state index in [0.29, 0.717) is 30.7 Å². The second-order valence-electron chi connectivity index (χ2n) is 9.20. The predicted octanol–water partition coefficient (Wildman–Crippen LogP) is 4.62. The van der Waals surface area contributed by atoms with Crippen LogP contribution in [-0.2, 0) is 9.84 Å². The van der Waals surface area contributed by atoms with E-state index in [4.69, 9.17) is 4.74 Å². The summed E-state index contributed by atoms with van der Waals surface area (Å²) in [6, 6.07) is 13.5. The van der Waals surface area contributed by atoms with E-state index in [9.17, 15) is 17.6 Å². The number of ether oxygens (including phenoxy) is 1. The molecule has 2 aliphatic rings. The fourth-order valence-corrected chi connectivity index (χ4v) is 5.89. The van der Waals surface area contributed by atoms with Gasteiger partial charge in [-0.25, -0.2) is 12.8 Å². The highest BCUT2D eigenvalue weighted by atomic mass is 32.2. The number of hydrogen-bond acceptors (Lipinski definition) is 5. The normalized spacial score (nSPS) is 21.6. The highest BCUT2D eigenvalue weighted by Crippen LogP contribution is 2.49. The van der Waals surface area contributed by atoms with E-state index in [1.54, 1.807) is 0 Å². The molecule has 4 rings (SSSR count). The molecule has 0 N–H and O–H groups in total. The lowest BCUT2D eigenvalue weighted by atomic mass is 9.90. The van der Waals surface area contributed by atoms with Crippen molar-refractivity contribution in [1.82, 2.24) is 4.90 Å². The maximum absolute atomic E-state index is 14.2. The van der Waals surface area contributed by atoms with Crippen LogP contribution in [0.15, 0.2) is 53.4 Å². The molecule has 1 saturated heterocycles. The van der Waals surface area contributed by atoms with E-state index >= 15 is 0 Å². The molecule has 0 aromatic heterocycles. The molecule has 5 nitrogen and oxygen atoms in total. The molecule has 1 saturated carbocycles. The number of carbonyl (C=O) groups excluding carboxylic acids is 1. The molecule has 2 fully saturated rings. The van der Waals surface area contributed by atoms with E-state index in [2.05, 4.69) is 4.90 Å². The van der Waals surface area contributed by atoms with Crippen molar-refractivity contribution in [3.63, 3.8) is 0 Å². The first-order chi connectivity index (χ1) is 15.9. The Bertz CT molecular complexity index is 1060. The number of halogens is 1. The van der Waals surface area contributed by atoms with Gasteiger partial charge in [-0.05, 0) is 68.7 Å². The second kappa shape index (κ2) is 10.3. The van der Waals surface area contributed by atoms with Crippen LogP contribution in [-0.4, -0.2) is 51.1 Å². The molecule has 2 aromatic rings. The molecule has 7 heteroatoms. The first-order valence-corrected chi connectivity index (χ1v) is 13.5. The van der Waals surface area contributed by atoms with Gasteiger partial charge in [0.15, 0.2) is 15.6 Å². The third kappa shape index (κ3) is 6.01. The minimum Gasteiger partial charge on any atom is -0.493 e. The van der Waals surface area contributed by atoms with Crippen LogP contribution in [0.4, 0.5) is 4.39 Å². The minimum absolute atomic E-state index is 0.130. The average molecular weight is 474 g/mol. The van der Waals surface area contributed by atoms with Gasteiger partial charge in [0.05, 0.1) is 18.9 Å². The van der Waals surface area contributed by atoms with Crippen LogP contribution in [0.5, 0.6) is 5.75 Å². The minimum atomic E-state index is -3.57. The Kier molecular flexibility index (Phi) is 7.49. The predicted molar refractivity (Wildman–Crippen MR) is 126 cm³/mol. The van der Waals surface area contributed by atoms with Crippen molar-refractivity contribution in [2.75, 3.05) is 32.0 Å². The molecule has 0 spiro atoms. The molecular formula is C26H32FNO4S. The van der Waals surface area contributed by atoms with Crippen LogP contribution in [0.3, 0.4) is 0 Å². The molecule has 178 valence electrons. The molecule has 2 atom stereocenters. The summed E-state index contributed by atoms with van der Waals surface area (Å²) in [7, 11) is -3.57. The summed E-state index contributed by atoms with van der Waals surface area (Å²) in [5, 5.41) is 0. The molecule has 0 radical (unpaired) electrons. The Morgan fingerprint density at radius 1 is 1.12 bits per heavy atom. The van der Waals surface area contributed by atoms with Gasteiger partial charge in [0.2, 0.25) is 0 Å². The van der Waals surface area contributed by atoms with Gasteiger partial charge in [-0.3, -0.25) is 9.69 Å². The van der Waals surface area contributed by atoms with Crippen molar-refractivity contribution in [3.05, 3.63) is 59.9 Å². The largest absolute Gasteiger partial charge is 0.493 e. The van der Waals surface area contributed by atoms with E-state index in [1.807, 2.05) is 30.3 Å². The van der Waals surface area contributed by atoms with Crippen molar-refractivity contribution >= 4 is 15.6 Å². The van der Waals surface area contributed by atoms with E-state index < -0.39 is 15.7 Å². The Morgan fingerprint density at radius 2 is 1.85 bits per heavy atom. The Labute approximate surface area is 195 Å². The van der Waals surface area contributed by atoms with Crippen LogP contribution in [0, 0.1) is 23.6 Å². The SMILES string of the molecule is CCS(=O)(=O)c1ccc(OCC[C@@H]2C[C@@H]2C2CCN(CC(=O)c3ccccc3)CC2)cc1F. The molecule has 1 heterocycles. The zero-order valence-corrected chi connectivity index (χ0v) is 19.9. The summed E-state index contributed by atoms with van der Waals surface area (Å²) in [6.07, 6.45) is 4.39. The highest BCUT2D eigenvalue weighted by Gasteiger charge is 2.43. The maximum atomic E-state index is 14.2. The summed E-state index contributed by atoms with van der Waals surface area (Å²) < 4.78 is 43.6. The summed E-state index contributed by atoms with van der Waals surface area (Å²) >= 11 is 0. The molecule has 0 bridgehead atoms. The molecule has 0 amide bonds. The number of likely N-dealkylation sites (tertiary alicyclic amines) is 1. The van der Waals surface area contributed by atoms with Gasteiger partial charge in [-0.15, -0.1) is 0 Å². The quantitative estimate of drug-likeness (QED) is 0.471. The molecule has 33 heavy (non-hydrogen) atoms. The highest BCUT2D eigenvalue weighted by molar-refractivity contribution is 7.91. The number of Topliss-reactive ketones (excluding diaryl/α,β-unsaturated/α-hetero) is 1. The van der Waals surface area contributed by atoms with Gasteiger partial charge in [0.1, 0.15) is 16.5 Å². The molecular weight excluding hydrogens is 441 g/mol. The number of sulfone groups is 1. The second-order valence-corrected chi connectivity index (χ2v) is 11.4. The van der Waals surface area contributed by atoms with Gasteiger partial charge in [-0.1, -0.05) is 37.3 Å². The van der Waals surface area contributed by atoms with Crippen LogP contribution >= 0.6 is 0 Å². The van der Waals surface area contributed by atoms with Gasteiger partial charge >= 0.3 is 0 Å². The Balaban J connectivity index is 1.17. The Morgan fingerprint density at radius 3 is 2.52 bits per heavy atom. The number of carbonyl (C=O) groups is 1. The number of benzene rings is 2. The van der Waals surface area contributed by atoms with E-state index in [1.165, 1.54) is 31.5 Å². The first-order valence-electron chi connectivity index (χ1n) is 11.8.